The number of hydrogen-bond acceptors (Lipinski definition) is 5. The summed E-state index contributed by atoms with van der Waals surface area (Å²) in [5, 5.41) is 12.2. The Bertz CT molecular complexity index is 560. The fourth-order valence-electron chi connectivity index (χ4n) is 1.33. The molecule has 108 valence electrons. The first-order chi connectivity index (χ1) is 8.66. The molecule has 0 spiro atoms. The predicted octanol–water partition coefficient (Wildman–Crippen LogP) is 1.17. The Morgan fingerprint density at radius 2 is 2.11 bits per heavy atom. The molecule has 1 aromatic rings. The molecule has 0 aliphatic rings. The molecule has 8 heteroatoms. The second kappa shape index (κ2) is 5.62. The van der Waals surface area contributed by atoms with Crippen molar-refractivity contribution in [2.45, 2.75) is 24.3 Å². The van der Waals surface area contributed by atoms with Crippen molar-refractivity contribution in [1.29, 1.82) is 0 Å². The van der Waals surface area contributed by atoms with Crippen molar-refractivity contribution in [2.75, 3.05) is 26.0 Å². The quantitative estimate of drug-likeness (QED) is 0.853. The van der Waals surface area contributed by atoms with E-state index in [2.05, 4.69) is 10.3 Å². The molecular weight excluding hydrogens is 290 g/mol. The summed E-state index contributed by atoms with van der Waals surface area (Å²) in [6.07, 6.45) is 1.23. The number of hydrogen-bond donors (Lipinski definition) is 2. The molecule has 1 aromatic heterocycles. The smallest absolute Gasteiger partial charge is 0.244 e. The van der Waals surface area contributed by atoms with Gasteiger partial charge in [-0.05, 0) is 19.9 Å². The van der Waals surface area contributed by atoms with Crippen molar-refractivity contribution < 1.29 is 13.5 Å². The van der Waals surface area contributed by atoms with Crippen molar-refractivity contribution in [3.05, 3.63) is 17.3 Å². The molecule has 0 saturated heterocycles. The average Bonchev–Trinajstić information content (AvgIpc) is 2.37. The third kappa shape index (κ3) is 3.17. The monoisotopic (exact) mass is 307 g/mol. The molecular formula is C11H18ClN3O3S. The minimum atomic E-state index is -3.76. The number of nitrogens with zero attached hydrogens (tertiary/aromatic N) is 2. The van der Waals surface area contributed by atoms with Gasteiger partial charge < -0.3 is 10.4 Å². The lowest BCUT2D eigenvalue weighted by Crippen LogP contribution is -2.47. The molecule has 0 aliphatic carbocycles. The van der Waals surface area contributed by atoms with Crippen molar-refractivity contribution in [3.63, 3.8) is 0 Å². The lowest BCUT2D eigenvalue weighted by Gasteiger charge is -2.32. The molecule has 19 heavy (non-hydrogen) atoms. The van der Waals surface area contributed by atoms with E-state index < -0.39 is 15.6 Å². The standard InChI is InChI=1S/C11H18ClN3O3S/c1-11(2,7-16)15(4)19(17,18)8-5-9(12)10(13-3)14-6-8/h5-6,16H,7H2,1-4H3,(H,13,14). The highest BCUT2D eigenvalue weighted by molar-refractivity contribution is 7.89. The summed E-state index contributed by atoms with van der Waals surface area (Å²) in [6, 6.07) is 1.33. The fourth-order valence-corrected chi connectivity index (χ4v) is 3.13. The second-order valence-electron chi connectivity index (χ2n) is 4.69. The molecule has 1 heterocycles. The Labute approximate surface area is 118 Å². The Hall–Kier alpha value is -0.890. The van der Waals surface area contributed by atoms with Crippen LogP contribution in [-0.4, -0.2) is 49.1 Å². The zero-order chi connectivity index (χ0) is 14.8. The van der Waals surface area contributed by atoms with Gasteiger partial charge in [0.1, 0.15) is 10.7 Å². The average molecular weight is 308 g/mol. The van der Waals surface area contributed by atoms with Gasteiger partial charge in [0.2, 0.25) is 10.0 Å². The molecule has 0 radical (unpaired) electrons. The van der Waals surface area contributed by atoms with Gasteiger partial charge in [0, 0.05) is 20.3 Å². The fraction of sp³-hybridized carbons (Fsp3) is 0.545. The molecule has 0 aliphatic heterocycles. The molecule has 0 bridgehead atoms. The first-order valence-corrected chi connectivity index (χ1v) is 7.42. The Morgan fingerprint density at radius 3 is 2.53 bits per heavy atom. The van der Waals surface area contributed by atoms with Crippen LogP contribution in [0.3, 0.4) is 0 Å². The highest BCUT2D eigenvalue weighted by Crippen LogP contribution is 2.26. The van der Waals surface area contributed by atoms with Crippen LogP contribution in [0, 0.1) is 0 Å². The normalized spacial score (nSPS) is 12.8. The maximum atomic E-state index is 12.4. The zero-order valence-corrected chi connectivity index (χ0v) is 12.9. The van der Waals surface area contributed by atoms with E-state index >= 15 is 0 Å². The van der Waals surface area contributed by atoms with Crippen LogP contribution in [0.15, 0.2) is 17.2 Å². The van der Waals surface area contributed by atoms with Crippen molar-refractivity contribution in [2.24, 2.45) is 0 Å². The Kier molecular flexibility index (Phi) is 4.78. The van der Waals surface area contributed by atoms with Crippen LogP contribution in [0.25, 0.3) is 0 Å². The van der Waals surface area contributed by atoms with Crippen LogP contribution in [0.1, 0.15) is 13.8 Å². The largest absolute Gasteiger partial charge is 0.394 e. The maximum Gasteiger partial charge on any atom is 0.244 e. The van der Waals surface area contributed by atoms with Gasteiger partial charge in [-0.3, -0.25) is 0 Å². The number of aliphatic hydroxyl groups excluding tert-OH is 1. The van der Waals surface area contributed by atoms with Crippen LogP contribution in [0.2, 0.25) is 5.02 Å². The minimum absolute atomic E-state index is 0.0134. The zero-order valence-electron chi connectivity index (χ0n) is 11.3. The molecule has 0 atom stereocenters. The number of rotatable bonds is 5. The van der Waals surface area contributed by atoms with Crippen molar-refractivity contribution >= 4 is 27.4 Å². The van der Waals surface area contributed by atoms with Crippen molar-refractivity contribution in [3.8, 4) is 0 Å². The van der Waals surface area contributed by atoms with Gasteiger partial charge in [0.15, 0.2) is 0 Å². The second-order valence-corrected chi connectivity index (χ2v) is 7.07. The van der Waals surface area contributed by atoms with Gasteiger partial charge in [-0.1, -0.05) is 11.6 Å². The summed E-state index contributed by atoms with van der Waals surface area (Å²) in [4.78, 5) is 3.93. The van der Waals surface area contributed by atoms with Gasteiger partial charge in [-0.15, -0.1) is 0 Å². The number of nitrogens with one attached hydrogen (secondary N) is 1. The molecule has 0 fully saturated rings. The van der Waals surface area contributed by atoms with E-state index in [1.807, 2.05) is 0 Å². The van der Waals surface area contributed by atoms with Crippen LogP contribution >= 0.6 is 11.6 Å². The lowest BCUT2D eigenvalue weighted by molar-refractivity contribution is 0.138. The van der Waals surface area contributed by atoms with Gasteiger partial charge >= 0.3 is 0 Å². The molecule has 0 saturated carbocycles. The predicted molar refractivity (Wildman–Crippen MR) is 74.9 cm³/mol. The van der Waals surface area contributed by atoms with Gasteiger partial charge in [-0.2, -0.15) is 4.31 Å². The molecule has 0 aromatic carbocycles. The number of halogens is 1. The van der Waals surface area contributed by atoms with E-state index in [4.69, 9.17) is 11.6 Å². The number of anilines is 1. The summed E-state index contributed by atoms with van der Waals surface area (Å²) < 4.78 is 25.9. The minimum Gasteiger partial charge on any atom is -0.394 e. The van der Waals surface area contributed by atoms with E-state index in [-0.39, 0.29) is 16.5 Å². The molecule has 6 nitrogen and oxygen atoms in total. The van der Waals surface area contributed by atoms with E-state index in [9.17, 15) is 13.5 Å². The summed E-state index contributed by atoms with van der Waals surface area (Å²) >= 11 is 5.93. The van der Waals surface area contributed by atoms with Gasteiger partial charge in [-0.25, -0.2) is 13.4 Å². The highest BCUT2D eigenvalue weighted by Gasteiger charge is 2.34. The number of pyridine rings is 1. The molecule has 1 rings (SSSR count). The third-order valence-electron chi connectivity index (χ3n) is 2.95. The molecule has 0 unspecified atom stereocenters. The van der Waals surface area contributed by atoms with Crippen LogP contribution in [0.4, 0.5) is 5.82 Å². The number of sulfonamides is 1. The summed E-state index contributed by atoms with van der Waals surface area (Å²) in [6.45, 7) is 2.96. The Morgan fingerprint density at radius 1 is 1.53 bits per heavy atom. The summed E-state index contributed by atoms with van der Waals surface area (Å²) in [7, 11) is -0.707. The van der Waals surface area contributed by atoms with Crippen molar-refractivity contribution in [1.82, 2.24) is 9.29 Å². The summed E-state index contributed by atoms with van der Waals surface area (Å²) in [5.74, 6) is 0.407. The van der Waals surface area contributed by atoms with Crippen LogP contribution in [-0.2, 0) is 10.0 Å². The van der Waals surface area contributed by atoms with E-state index in [0.717, 1.165) is 4.31 Å². The highest BCUT2D eigenvalue weighted by atomic mass is 35.5. The number of aromatic nitrogens is 1. The van der Waals surface area contributed by atoms with Gasteiger partial charge in [0.25, 0.3) is 0 Å². The molecule has 2 N–H and O–H groups in total. The van der Waals surface area contributed by atoms with E-state index in [1.54, 1.807) is 20.9 Å². The topological polar surface area (TPSA) is 82.5 Å². The van der Waals surface area contributed by atoms with E-state index in [0.29, 0.717) is 5.82 Å². The third-order valence-corrected chi connectivity index (χ3v) is 5.27. The molecule has 0 amide bonds. The SMILES string of the molecule is CNc1ncc(S(=O)(=O)N(C)C(C)(C)CO)cc1Cl. The number of aliphatic hydroxyl groups is 1. The maximum absolute atomic E-state index is 12.4. The first-order valence-electron chi connectivity index (χ1n) is 5.60. The van der Waals surface area contributed by atoms with Crippen LogP contribution in [0.5, 0.6) is 0 Å². The van der Waals surface area contributed by atoms with Crippen LogP contribution < -0.4 is 5.32 Å². The lowest BCUT2D eigenvalue weighted by atomic mass is 10.1. The van der Waals surface area contributed by atoms with E-state index in [1.165, 1.54) is 19.3 Å². The Balaban J connectivity index is 3.25. The van der Waals surface area contributed by atoms with Gasteiger partial charge in [0.05, 0.1) is 17.2 Å². The summed E-state index contributed by atoms with van der Waals surface area (Å²) in [5.41, 5.74) is -0.910. The first kappa shape index (κ1) is 16.2. The number of likely N-dealkylation sites (N-methyl/N-ethyl adjacent to an activating group) is 1.